The van der Waals surface area contributed by atoms with Gasteiger partial charge >= 0.3 is 0 Å². The van der Waals surface area contributed by atoms with Crippen LogP contribution in [0.15, 0.2) is 46.3 Å². The predicted molar refractivity (Wildman–Crippen MR) is 114 cm³/mol. The lowest BCUT2D eigenvalue weighted by Crippen LogP contribution is -2.14. The Morgan fingerprint density at radius 3 is 2.54 bits per heavy atom. The van der Waals surface area contributed by atoms with Crippen LogP contribution in [0.25, 0.3) is 10.2 Å². The minimum absolute atomic E-state index is 0.0824. The van der Waals surface area contributed by atoms with Crippen LogP contribution in [0.5, 0.6) is 0 Å². The molecular weight excluding hydrogens is 416 g/mol. The molecule has 8 heteroatoms. The molecule has 0 aliphatic heterocycles. The van der Waals surface area contributed by atoms with E-state index in [1.807, 2.05) is 25.5 Å². The topological polar surface area (TPSA) is 68.5 Å². The van der Waals surface area contributed by atoms with E-state index in [1.54, 1.807) is 12.1 Å². The first kappa shape index (κ1) is 20.8. The van der Waals surface area contributed by atoms with Crippen molar-refractivity contribution in [2.24, 2.45) is 12.0 Å². The fourth-order valence-corrected chi connectivity index (χ4v) is 5.77. The molecule has 1 amide bonds. The van der Waals surface area contributed by atoms with Crippen molar-refractivity contribution >= 4 is 48.9 Å². The molecule has 0 radical (unpaired) electrons. The summed E-state index contributed by atoms with van der Waals surface area (Å²) < 4.78 is 27.7. The van der Waals surface area contributed by atoms with Crippen molar-refractivity contribution in [1.29, 1.82) is 0 Å². The Morgan fingerprint density at radius 2 is 1.86 bits per heavy atom. The molecule has 0 aliphatic rings. The molecule has 0 atom stereocenters. The minimum atomic E-state index is -3.44. The van der Waals surface area contributed by atoms with Crippen LogP contribution in [0.3, 0.4) is 0 Å². The number of aryl methyl sites for hydroxylation is 3. The van der Waals surface area contributed by atoms with Gasteiger partial charge in [-0.05, 0) is 61.7 Å². The second-order valence-corrected chi connectivity index (χ2v) is 10.3. The van der Waals surface area contributed by atoms with Crippen LogP contribution in [-0.4, -0.2) is 24.6 Å². The maximum absolute atomic E-state index is 12.3. The molecule has 1 aromatic heterocycles. The zero-order valence-electron chi connectivity index (χ0n) is 15.9. The normalized spacial score (nSPS) is 12.6. The largest absolute Gasteiger partial charge is 0.319 e. The number of rotatable bonds is 5. The Balaban J connectivity index is 1.72. The molecular formula is C20H21ClN2O3S2. The molecule has 148 valence electrons. The fourth-order valence-electron chi connectivity index (χ4n) is 3.12. The maximum atomic E-state index is 12.3. The third kappa shape index (κ3) is 4.54. The Morgan fingerprint density at radius 1 is 1.18 bits per heavy atom. The summed E-state index contributed by atoms with van der Waals surface area (Å²) in [5, 5.41) is 0.481. The van der Waals surface area contributed by atoms with Crippen LogP contribution >= 0.6 is 22.9 Å². The van der Waals surface area contributed by atoms with E-state index in [0.29, 0.717) is 9.82 Å². The number of hydrogen-bond donors (Lipinski definition) is 0. The third-order valence-corrected chi connectivity index (χ3v) is 7.58. The van der Waals surface area contributed by atoms with Crippen molar-refractivity contribution < 1.29 is 13.2 Å². The van der Waals surface area contributed by atoms with Gasteiger partial charge in [-0.3, -0.25) is 4.79 Å². The van der Waals surface area contributed by atoms with Gasteiger partial charge in [0.2, 0.25) is 5.91 Å². The number of aromatic nitrogens is 1. The highest BCUT2D eigenvalue weighted by Gasteiger charge is 2.15. The highest BCUT2D eigenvalue weighted by Crippen LogP contribution is 2.22. The summed E-state index contributed by atoms with van der Waals surface area (Å²) >= 11 is 7.25. The van der Waals surface area contributed by atoms with Crippen LogP contribution in [0.1, 0.15) is 24.0 Å². The van der Waals surface area contributed by atoms with Gasteiger partial charge in [-0.2, -0.15) is 4.99 Å². The zero-order valence-corrected chi connectivity index (χ0v) is 18.3. The van der Waals surface area contributed by atoms with Gasteiger partial charge in [0.1, 0.15) is 0 Å². The Hall–Kier alpha value is -1.96. The van der Waals surface area contributed by atoms with E-state index in [2.05, 4.69) is 17.1 Å². The number of sulfone groups is 1. The first-order valence-corrected chi connectivity index (χ1v) is 11.6. The second-order valence-electron chi connectivity index (χ2n) is 6.75. The number of benzene rings is 2. The van der Waals surface area contributed by atoms with Crippen LogP contribution in [-0.2, 0) is 21.7 Å². The van der Waals surface area contributed by atoms with E-state index in [1.165, 1.54) is 23.5 Å². The van der Waals surface area contributed by atoms with Crippen LogP contribution < -0.4 is 4.80 Å². The standard InChI is InChI=1S/C20H21ClN2O3S2/c1-13-11-14(2)19-17(12-13)27-20(23(19)3)22-18(24)5-4-10-28(25,26)16-8-6-15(21)7-9-16/h6-9,11-12H,4-5,10H2,1-3H3. The first-order chi connectivity index (χ1) is 13.2. The van der Waals surface area contributed by atoms with Gasteiger partial charge in [-0.15, -0.1) is 0 Å². The lowest BCUT2D eigenvalue weighted by atomic mass is 10.1. The maximum Gasteiger partial charge on any atom is 0.248 e. The van der Waals surface area contributed by atoms with Gasteiger partial charge in [0.15, 0.2) is 14.6 Å². The molecule has 3 rings (SSSR count). The van der Waals surface area contributed by atoms with Crippen LogP contribution in [0, 0.1) is 13.8 Å². The van der Waals surface area contributed by atoms with Crippen molar-refractivity contribution in [2.45, 2.75) is 31.6 Å². The summed E-state index contributed by atoms with van der Waals surface area (Å²) in [5.74, 6) is -0.421. The van der Waals surface area contributed by atoms with Gasteiger partial charge in [-0.1, -0.05) is 29.0 Å². The molecule has 0 aliphatic carbocycles. The van der Waals surface area contributed by atoms with E-state index >= 15 is 0 Å². The monoisotopic (exact) mass is 436 g/mol. The van der Waals surface area contributed by atoms with Crippen molar-refractivity contribution in [3.63, 3.8) is 0 Å². The average molecular weight is 437 g/mol. The van der Waals surface area contributed by atoms with Gasteiger partial charge < -0.3 is 4.57 Å². The molecule has 0 fully saturated rings. The molecule has 0 bridgehead atoms. The molecule has 0 saturated carbocycles. The van der Waals surface area contributed by atoms with E-state index in [0.717, 1.165) is 21.3 Å². The summed E-state index contributed by atoms with van der Waals surface area (Å²) in [5.41, 5.74) is 3.36. The lowest BCUT2D eigenvalue weighted by molar-refractivity contribution is -0.118. The summed E-state index contributed by atoms with van der Waals surface area (Å²) in [6.45, 7) is 4.07. The second kappa shape index (κ2) is 8.19. The number of fused-ring (bicyclic) bond motifs is 1. The number of nitrogens with zero attached hydrogens (tertiary/aromatic N) is 2. The lowest BCUT2D eigenvalue weighted by Gasteiger charge is -2.03. The van der Waals surface area contributed by atoms with E-state index < -0.39 is 9.84 Å². The van der Waals surface area contributed by atoms with Gasteiger partial charge in [0.25, 0.3) is 0 Å². The molecule has 28 heavy (non-hydrogen) atoms. The quantitative estimate of drug-likeness (QED) is 0.602. The Labute approximate surface area is 173 Å². The highest BCUT2D eigenvalue weighted by molar-refractivity contribution is 7.91. The highest BCUT2D eigenvalue weighted by atomic mass is 35.5. The number of halogens is 1. The number of thiazole rings is 1. The molecule has 1 heterocycles. The van der Waals surface area contributed by atoms with Gasteiger partial charge in [-0.25, -0.2) is 8.42 Å². The average Bonchev–Trinajstić information content (AvgIpc) is 2.90. The predicted octanol–water partition coefficient (Wildman–Crippen LogP) is 4.19. The summed E-state index contributed by atoms with van der Waals surface area (Å²) in [7, 11) is -1.55. The summed E-state index contributed by atoms with van der Waals surface area (Å²) in [4.78, 5) is 17.3. The number of hydrogen-bond acceptors (Lipinski definition) is 4. The molecule has 2 aromatic carbocycles. The van der Waals surface area contributed by atoms with Crippen molar-refractivity contribution in [3.05, 3.63) is 57.3 Å². The van der Waals surface area contributed by atoms with Crippen LogP contribution in [0.2, 0.25) is 5.02 Å². The smallest absolute Gasteiger partial charge is 0.248 e. The van der Waals surface area contributed by atoms with Crippen molar-refractivity contribution in [3.8, 4) is 0 Å². The summed E-state index contributed by atoms with van der Waals surface area (Å²) in [6, 6.07) is 10.2. The summed E-state index contributed by atoms with van der Waals surface area (Å²) in [6.07, 6.45) is 0.305. The van der Waals surface area contributed by atoms with E-state index in [9.17, 15) is 13.2 Å². The van der Waals surface area contributed by atoms with Crippen molar-refractivity contribution in [2.75, 3.05) is 5.75 Å². The Kier molecular flexibility index (Phi) is 6.07. The number of carbonyl (C=O) groups excluding carboxylic acids is 1. The fraction of sp³-hybridized carbons (Fsp3) is 0.300. The van der Waals surface area contributed by atoms with Gasteiger partial charge in [0.05, 0.1) is 20.9 Å². The number of carbonyl (C=O) groups is 1. The number of amides is 1. The molecule has 0 spiro atoms. The van der Waals surface area contributed by atoms with Crippen molar-refractivity contribution in [1.82, 2.24) is 4.57 Å². The molecule has 5 nitrogen and oxygen atoms in total. The van der Waals surface area contributed by atoms with Gasteiger partial charge in [0, 0.05) is 18.5 Å². The van der Waals surface area contributed by atoms with E-state index in [4.69, 9.17) is 11.6 Å². The van der Waals surface area contributed by atoms with Crippen LogP contribution in [0.4, 0.5) is 0 Å². The SMILES string of the molecule is Cc1cc(C)c2c(c1)sc(=NC(=O)CCCS(=O)(=O)c1ccc(Cl)cc1)n2C. The third-order valence-electron chi connectivity index (χ3n) is 4.43. The minimum Gasteiger partial charge on any atom is -0.319 e. The molecule has 0 unspecified atom stereocenters. The first-order valence-electron chi connectivity index (χ1n) is 8.80. The molecule has 3 aromatic rings. The Bertz CT molecular complexity index is 1210. The zero-order chi connectivity index (χ0) is 20.5. The molecule has 0 N–H and O–H groups in total. The molecule has 0 saturated heterocycles. The van der Waals surface area contributed by atoms with E-state index in [-0.39, 0.29) is 29.4 Å².